The number of hydrogen-bond acceptors (Lipinski definition) is 4. The zero-order chi connectivity index (χ0) is 15.6. The second-order valence-corrected chi connectivity index (χ2v) is 6.09. The van der Waals surface area contributed by atoms with Crippen LogP contribution in [0, 0.1) is 0 Å². The second-order valence-electron chi connectivity index (χ2n) is 5.01. The summed E-state index contributed by atoms with van der Waals surface area (Å²) in [6.07, 6.45) is 1.15. The standard InChI is InChI=1S/C18H13NO3S/c20-18(22-12-13-6-5-11-21-13)19-14-7-1-3-9-16(14)23-17-10-4-2-8-15(17)19/h1-11H,12H2. The number of furan rings is 1. The predicted octanol–water partition coefficient (Wildman–Crippen LogP) is 5.22. The lowest BCUT2D eigenvalue weighted by atomic mass is 10.2. The first-order valence-corrected chi connectivity index (χ1v) is 8.00. The molecule has 0 saturated carbocycles. The average Bonchev–Trinajstić information content (AvgIpc) is 3.11. The van der Waals surface area contributed by atoms with Gasteiger partial charge in [-0.2, -0.15) is 0 Å². The Labute approximate surface area is 137 Å². The number of rotatable bonds is 2. The summed E-state index contributed by atoms with van der Waals surface area (Å²) in [6.45, 7) is 0.111. The van der Waals surface area contributed by atoms with E-state index in [-0.39, 0.29) is 6.61 Å². The molecule has 0 radical (unpaired) electrons. The molecule has 1 aliphatic rings. The number of carbonyl (C=O) groups excluding carboxylic acids is 1. The zero-order valence-electron chi connectivity index (χ0n) is 12.1. The van der Waals surface area contributed by atoms with Crippen LogP contribution >= 0.6 is 11.8 Å². The molecule has 0 aliphatic carbocycles. The Balaban J connectivity index is 1.68. The van der Waals surface area contributed by atoms with Gasteiger partial charge in [-0.05, 0) is 36.4 Å². The first-order chi connectivity index (χ1) is 11.3. The summed E-state index contributed by atoms with van der Waals surface area (Å²) >= 11 is 1.65. The lowest BCUT2D eigenvalue weighted by Crippen LogP contribution is -2.29. The number of para-hydroxylation sites is 2. The van der Waals surface area contributed by atoms with E-state index in [2.05, 4.69) is 0 Å². The Morgan fingerprint density at radius 3 is 2.22 bits per heavy atom. The smallest absolute Gasteiger partial charge is 0.419 e. The molecule has 114 valence electrons. The van der Waals surface area contributed by atoms with E-state index in [0.717, 1.165) is 21.2 Å². The minimum Gasteiger partial charge on any atom is -0.466 e. The lowest BCUT2D eigenvalue weighted by molar-refractivity contribution is 0.141. The third-order valence-corrected chi connectivity index (χ3v) is 4.66. The van der Waals surface area contributed by atoms with Crippen molar-refractivity contribution in [2.75, 3.05) is 4.90 Å². The van der Waals surface area contributed by atoms with Crippen LogP contribution in [0.4, 0.5) is 16.2 Å². The van der Waals surface area contributed by atoms with Gasteiger partial charge < -0.3 is 9.15 Å². The topological polar surface area (TPSA) is 42.7 Å². The molecule has 0 fully saturated rings. The minimum atomic E-state index is -0.415. The summed E-state index contributed by atoms with van der Waals surface area (Å²) in [6, 6.07) is 19.2. The molecule has 23 heavy (non-hydrogen) atoms. The van der Waals surface area contributed by atoms with Crippen LogP contribution in [-0.4, -0.2) is 6.09 Å². The summed E-state index contributed by atoms with van der Waals surface area (Å²) < 4.78 is 10.6. The molecule has 5 heteroatoms. The average molecular weight is 323 g/mol. The molecule has 3 aromatic rings. The van der Waals surface area contributed by atoms with Gasteiger partial charge >= 0.3 is 6.09 Å². The number of ether oxygens (including phenoxy) is 1. The van der Waals surface area contributed by atoms with Gasteiger partial charge in [-0.15, -0.1) is 0 Å². The third kappa shape index (κ3) is 2.59. The van der Waals surface area contributed by atoms with Crippen LogP contribution in [-0.2, 0) is 11.3 Å². The highest BCUT2D eigenvalue weighted by atomic mass is 32.2. The molecule has 0 unspecified atom stereocenters. The fourth-order valence-corrected chi connectivity index (χ4v) is 3.55. The summed E-state index contributed by atoms with van der Waals surface area (Å²) in [7, 11) is 0. The van der Waals surface area contributed by atoms with Gasteiger partial charge in [0.1, 0.15) is 5.76 Å². The van der Waals surface area contributed by atoms with E-state index in [1.807, 2.05) is 48.5 Å². The first-order valence-electron chi connectivity index (χ1n) is 7.18. The Bertz CT molecular complexity index is 799. The first kappa shape index (κ1) is 14.0. The van der Waals surface area contributed by atoms with Crippen molar-refractivity contribution in [1.29, 1.82) is 0 Å². The molecule has 2 aromatic carbocycles. The number of hydrogen-bond donors (Lipinski definition) is 0. The van der Waals surface area contributed by atoms with Gasteiger partial charge in [0.25, 0.3) is 0 Å². The number of benzene rings is 2. The van der Waals surface area contributed by atoms with E-state index in [1.54, 1.807) is 35.1 Å². The van der Waals surface area contributed by atoms with Gasteiger partial charge in [-0.1, -0.05) is 36.0 Å². The molecule has 1 aromatic heterocycles. The van der Waals surface area contributed by atoms with Crippen molar-refractivity contribution >= 4 is 29.2 Å². The molecule has 4 nitrogen and oxygen atoms in total. The van der Waals surface area contributed by atoms with Crippen LogP contribution in [0.3, 0.4) is 0 Å². The van der Waals surface area contributed by atoms with Crippen molar-refractivity contribution in [3.63, 3.8) is 0 Å². The van der Waals surface area contributed by atoms with Crippen LogP contribution in [0.15, 0.2) is 81.1 Å². The molecule has 0 saturated heterocycles. The quantitative estimate of drug-likeness (QED) is 0.648. The van der Waals surface area contributed by atoms with Crippen LogP contribution in [0.5, 0.6) is 0 Å². The summed E-state index contributed by atoms with van der Waals surface area (Å²) in [5.41, 5.74) is 1.67. The minimum absolute atomic E-state index is 0.111. The summed E-state index contributed by atoms with van der Waals surface area (Å²) in [5.74, 6) is 0.617. The molecule has 0 bridgehead atoms. The van der Waals surface area contributed by atoms with Gasteiger partial charge in [-0.25, -0.2) is 9.69 Å². The van der Waals surface area contributed by atoms with E-state index in [9.17, 15) is 4.79 Å². The maximum Gasteiger partial charge on any atom is 0.419 e. The Morgan fingerprint density at radius 1 is 0.957 bits per heavy atom. The number of fused-ring (bicyclic) bond motifs is 2. The van der Waals surface area contributed by atoms with E-state index < -0.39 is 6.09 Å². The highest BCUT2D eigenvalue weighted by Crippen LogP contribution is 2.48. The molecule has 1 aliphatic heterocycles. The van der Waals surface area contributed by atoms with Crippen LogP contribution in [0.1, 0.15) is 5.76 Å². The fraction of sp³-hybridized carbons (Fsp3) is 0.0556. The Morgan fingerprint density at radius 2 is 1.61 bits per heavy atom. The SMILES string of the molecule is O=C(OCc1ccco1)N1c2ccccc2Sc2ccccc21. The molecule has 0 atom stereocenters. The van der Waals surface area contributed by atoms with Gasteiger partial charge in [0, 0.05) is 9.79 Å². The van der Waals surface area contributed by atoms with Crippen LogP contribution in [0.25, 0.3) is 0 Å². The zero-order valence-corrected chi connectivity index (χ0v) is 13.0. The number of carbonyl (C=O) groups is 1. The van der Waals surface area contributed by atoms with Crippen molar-refractivity contribution in [3.05, 3.63) is 72.7 Å². The monoisotopic (exact) mass is 323 g/mol. The number of anilines is 2. The van der Waals surface area contributed by atoms with E-state index in [4.69, 9.17) is 9.15 Å². The third-order valence-electron chi connectivity index (χ3n) is 3.53. The number of amides is 1. The Kier molecular flexibility index (Phi) is 3.55. The predicted molar refractivity (Wildman–Crippen MR) is 88.0 cm³/mol. The van der Waals surface area contributed by atoms with Gasteiger partial charge in [-0.3, -0.25) is 0 Å². The maximum absolute atomic E-state index is 12.7. The van der Waals surface area contributed by atoms with Crippen LogP contribution < -0.4 is 4.90 Å². The van der Waals surface area contributed by atoms with Crippen molar-refractivity contribution in [2.24, 2.45) is 0 Å². The Hall–Kier alpha value is -2.66. The van der Waals surface area contributed by atoms with Gasteiger partial charge in [0.05, 0.1) is 17.6 Å². The van der Waals surface area contributed by atoms with Crippen molar-refractivity contribution in [1.82, 2.24) is 0 Å². The van der Waals surface area contributed by atoms with Crippen molar-refractivity contribution in [3.8, 4) is 0 Å². The molecule has 0 N–H and O–H groups in total. The van der Waals surface area contributed by atoms with E-state index >= 15 is 0 Å². The van der Waals surface area contributed by atoms with Crippen molar-refractivity contribution < 1.29 is 13.9 Å². The molecule has 4 rings (SSSR count). The second kappa shape index (κ2) is 5.85. The molecule has 2 heterocycles. The maximum atomic E-state index is 12.7. The highest BCUT2D eigenvalue weighted by molar-refractivity contribution is 7.99. The lowest BCUT2D eigenvalue weighted by Gasteiger charge is -2.30. The van der Waals surface area contributed by atoms with E-state index in [1.165, 1.54) is 0 Å². The van der Waals surface area contributed by atoms with Gasteiger partial charge in [0.2, 0.25) is 0 Å². The molecule has 1 amide bonds. The molecular formula is C18H13NO3S. The summed E-state index contributed by atoms with van der Waals surface area (Å²) in [5, 5.41) is 0. The van der Waals surface area contributed by atoms with Crippen LogP contribution in [0.2, 0.25) is 0 Å². The largest absolute Gasteiger partial charge is 0.466 e. The molecular weight excluding hydrogens is 310 g/mol. The normalized spacial score (nSPS) is 12.4. The van der Waals surface area contributed by atoms with Crippen molar-refractivity contribution in [2.45, 2.75) is 16.4 Å². The fourth-order valence-electron chi connectivity index (χ4n) is 2.49. The number of nitrogens with zero attached hydrogens (tertiary/aromatic N) is 1. The van der Waals surface area contributed by atoms with E-state index in [0.29, 0.717) is 5.76 Å². The van der Waals surface area contributed by atoms with Gasteiger partial charge in [0.15, 0.2) is 6.61 Å². The molecule has 0 spiro atoms. The summed E-state index contributed by atoms with van der Waals surface area (Å²) in [4.78, 5) is 16.3. The highest BCUT2D eigenvalue weighted by Gasteiger charge is 2.29.